The maximum Gasteiger partial charge on any atom is 0.260 e. The van der Waals surface area contributed by atoms with Crippen LogP contribution in [-0.4, -0.2) is 59.9 Å². The van der Waals surface area contributed by atoms with Crippen LogP contribution < -0.4 is 4.74 Å². The van der Waals surface area contributed by atoms with Crippen molar-refractivity contribution >= 4 is 11.8 Å². The second-order valence-corrected chi connectivity index (χ2v) is 9.33. The lowest BCUT2D eigenvalue weighted by Gasteiger charge is -2.44. The number of nitrogens with zero attached hydrogens (tertiary/aromatic N) is 3. The average Bonchev–Trinajstić information content (AvgIpc) is 2.81. The first-order valence-electron chi connectivity index (χ1n) is 11.6. The Kier molecular flexibility index (Phi) is 6.77. The van der Waals surface area contributed by atoms with Crippen molar-refractivity contribution in [3.8, 4) is 5.75 Å². The van der Waals surface area contributed by atoms with E-state index in [1.165, 1.54) is 5.56 Å². The Labute approximate surface area is 190 Å². The third kappa shape index (κ3) is 5.12. The number of rotatable bonds is 1. The van der Waals surface area contributed by atoms with Gasteiger partial charge < -0.3 is 14.5 Å². The van der Waals surface area contributed by atoms with Crippen LogP contribution >= 0.6 is 0 Å². The maximum absolute atomic E-state index is 12.9. The van der Waals surface area contributed by atoms with Crippen LogP contribution in [0.25, 0.3) is 0 Å². The van der Waals surface area contributed by atoms with Crippen LogP contribution in [0, 0.1) is 12.3 Å². The molecule has 1 aromatic heterocycles. The summed E-state index contributed by atoms with van der Waals surface area (Å²) < 4.78 is 5.87. The molecule has 1 spiro atoms. The van der Waals surface area contributed by atoms with Crippen LogP contribution in [0.3, 0.4) is 0 Å². The predicted octanol–water partition coefficient (Wildman–Crippen LogP) is 3.88. The number of likely N-dealkylation sites (N-methyl/N-ethyl adjacent to an activating group) is 1. The highest BCUT2D eigenvalue weighted by molar-refractivity contribution is 5.94. The Bertz CT molecular complexity index is 949. The standard InChI is InChI=1S/C26H33N3O3/c1-20-10-11-22(17-27-20)25(31)29-15-13-26(14-16-29)12-6-5-8-21-7-3-4-9-23(21)32-18-24(30)28(2)19-26/h3-4,7,9-11,17H,5-6,8,12-16,18-19H2,1-2H3. The van der Waals surface area contributed by atoms with Crippen molar-refractivity contribution in [1.82, 2.24) is 14.8 Å². The first kappa shape index (κ1) is 22.3. The molecule has 0 saturated carbocycles. The van der Waals surface area contributed by atoms with E-state index >= 15 is 0 Å². The smallest absolute Gasteiger partial charge is 0.260 e. The van der Waals surface area contributed by atoms with E-state index in [0.717, 1.165) is 50.0 Å². The molecule has 0 aliphatic carbocycles. The number of likely N-dealkylation sites (tertiary alicyclic amines) is 1. The lowest BCUT2D eigenvalue weighted by Crippen LogP contribution is -2.49. The molecule has 2 aliphatic rings. The largest absolute Gasteiger partial charge is 0.483 e. The number of para-hydroxylation sites is 1. The second kappa shape index (κ2) is 9.72. The number of aryl methyl sites for hydroxylation is 2. The van der Waals surface area contributed by atoms with Crippen LogP contribution in [0.5, 0.6) is 5.75 Å². The van der Waals surface area contributed by atoms with Gasteiger partial charge in [0.15, 0.2) is 6.61 Å². The van der Waals surface area contributed by atoms with Crippen LogP contribution in [0.2, 0.25) is 0 Å². The minimum atomic E-state index is 0.00369. The van der Waals surface area contributed by atoms with E-state index in [1.807, 2.05) is 54.1 Å². The van der Waals surface area contributed by atoms with Gasteiger partial charge in [-0.1, -0.05) is 24.6 Å². The summed E-state index contributed by atoms with van der Waals surface area (Å²) in [5.41, 5.74) is 2.77. The van der Waals surface area contributed by atoms with Crippen molar-refractivity contribution in [3.63, 3.8) is 0 Å². The topological polar surface area (TPSA) is 62.7 Å². The lowest BCUT2D eigenvalue weighted by atomic mass is 9.73. The molecule has 2 aromatic rings. The highest BCUT2D eigenvalue weighted by atomic mass is 16.5. The zero-order chi connectivity index (χ0) is 22.6. The van der Waals surface area contributed by atoms with Crippen molar-refractivity contribution in [3.05, 3.63) is 59.4 Å². The summed E-state index contributed by atoms with van der Waals surface area (Å²) in [7, 11) is 1.88. The van der Waals surface area contributed by atoms with E-state index in [1.54, 1.807) is 6.20 Å². The monoisotopic (exact) mass is 435 g/mol. The number of amides is 2. The zero-order valence-electron chi connectivity index (χ0n) is 19.2. The highest BCUT2D eigenvalue weighted by Gasteiger charge is 2.37. The second-order valence-electron chi connectivity index (χ2n) is 9.33. The third-order valence-corrected chi connectivity index (χ3v) is 6.99. The molecular weight excluding hydrogens is 402 g/mol. The van der Waals surface area contributed by atoms with Crippen molar-refractivity contribution < 1.29 is 14.3 Å². The van der Waals surface area contributed by atoms with Gasteiger partial charge in [0.05, 0.1) is 5.56 Å². The summed E-state index contributed by atoms with van der Waals surface area (Å²) in [4.78, 5) is 33.7. The molecular formula is C26H33N3O3. The van der Waals surface area contributed by atoms with E-state index in [2.05, 4.69) is 11.1 Å². The number of hydrogen-bond acceptors (Lipinski definition) is 4. The Balaban J connectivity index is 1.44. The van der Waals surface area contributed by atoms with Crippen molar-refractivity contribution in [1.29, 1.82) is 0 Å². The molecule has 4 rings (SSSR count). The Hall–Kier alpha value is -2.89. The van der Waals surface area contributed by atoms with Crippen LogP contribution in [0.15, 0.2) is 42.6 Å². The molecule has 3 heterocycles. The fourth-order valence-electron chi connectivity index (χ4n) is 4.96. The fraction of sp³-hybridized carbons (Fsp3) is 0.500. The molecule has 170 valence electrons. The van der Waals surface area contributed by atoms with Gasteiger partial charge in [-0.05, 0) is 68.2 Å². The summed E-state index contributed by atoms with van der Waals surface area (Å²) in [6.45, 7) is 4.13. The molecule has 0 N–H and O–H groups in total. The van der Waals surface area contributed by atoms with Crippen LogP contribution in [-0.2, 0) is 11.2 Å². The van der Waals surface area contributed by atoms with Gasteiger partial charge in [0, 0.05) is 38.6 Å². The van der Waals surface area contributed by atoms with Gasteiger partial charge in [0.2, 0.25) is 0 Å². The highest BCUT2D eigenvalue weighted by Crippen LogP contribution is 2.38. The van der Waals surface area contributed by atoms with Gasteiger partial charge in [-0.25, -0.2) is 0 Å². The summed E-state index contributed by atoms with van der Waals surface area (Å²) in [6, 6.07) is 11.8. The maximum atomic E-state index is 12.9. The molecule has 0 radical (unpaired) electrons. The number of aromatic nitrogens is 1. The number of ether oxygens (including phenoxy) is 1. The zero-order valence-corrected chi connectivity index (χ0v) is 19.2. The van der Waals surface area contributed by atoms with E-state index in [-0.39, 0.29) is 23.8 Å². The quantitative estimate of drug-likeness (QED) is 0.682. The number of pyridine rings is 1. The van der Waals surface area contributed by atoms with Gasteiger partial charge in [-0.3, -0.25) is 14.6 Å². The lowest BCUT2D eigenvalue weighted by molar-refractivity contribution is -0.134. The molecule has 32 heavy (non-hydrogen) atoms. The van der Waals surface area contributed by atoms with E-state index < -0.39 is 0 Å². The van der Waals surface area contributed by atoms with Gasteiger partial charge in [0.1, 0.15) is 5.75 Å². The van der Waals surface area contributed by atoms with Crippen LogP contribution in [0.1, 0.15) is 53.7 Å². The van der Waals surface area contributed by atoms with Gasteiger partial charge in [-0.15, -0.1) is 0 Å². The first-order chi connectivity index (χ1) is 15.5. The number of carbonyl (C=O) groups is 2. The molecule has 0 unspecified atom stereocenters. The summed E-state index contributed by atoms with van der Waals surface area (Å²) in [5, 5.41) is 0. The third-order valence-electron chi connectivity index (χ3n) is 6.99. The van der Waals surface area contributed by atoms with Crippen LogP contribution in [0.4, 0.5) is 0 Å². The number of piperidine rings is 1. The van der Waals surface area contributed by atoms with Crippen molar-refractivity contribution in [2.45, 2.75) is 45.4 Å². The molecule has 1 fully saturated rings. The SMILES string of the molecule is Cc1ccc(C(=O)N2CCC3(CCCCc4ccccc4OCC(=O)N(C)C3)CC2)cn1. The summed E-state index contributed by atoms with van der Waals surface area (Å²) in [6.07, 6.45) is 7.72. The fourth-order valence-corrected chi connectivity index (χ4v) is 4.96. The van der Waals surface area contributed by atoms with E-state index in [9.17, 15) is 9.59 Å². The first-order valence-corrected chi connectivity index (χ1v) is 11.6. The van der Waals surface area contributed by atoms with Crippen molar-refractivity contribution in [2.75, 3.05) is 33.3 Å². The Morgan fingerprint density at radius 1 is 1.06 bits per heavy atom. The molecule has 2 amide bonds. The summed E-state index contributed by atoms with van der Waals surface area (Å²) in [5.74, 6) is 0.876. The molecule has 6 heteroatoms. The number of hydrogen-bond donors (Lipinski definition) is 0. The Morgan fingerprint density at radius 2 is 1.84 bits per heavy atom. The minimum absolute atomic E-state index is 0.00369. The molecule has 0 atom stereocenters. The molecule has 6 nitrogen and oxygen atoms in total. The number of carbonyl (C=O) groups excluding carboxylic acids is 2. The van der Waals surface area contributed by atoms with E-state index in [0.29, 0.717) is 25.2 Å². The predicted molar refractivity (Wildman–Crippen MR) is 124 cm³/mol. The molecule has 1 aromatic carbocycles. The van der Waals surface area contributed by atoms with Gasteiger partial charge in [-0.2, -0.15) is 0 Å². The number of benzene rings is 1. The van der Waals surface area contributed by atoms with Crippen molar-refractivity contribution in [2.24, 2.45) is 5.41 Å². The van der Waals surface area contributed by atoms with Gasteiger partial charge in [0.25, 0.3) is 11.8 Å². The average molecular weight is 436 g/mol. The molecule has 2 aliphatic heterocycles. The van der Waals surface area contributed by atoms with Gasteiger partial charge >= 0.3 is 0 Å². The normalized spacial score (nSPS) is 19.5. The van der Waals surface area contributed by atoms with E-state index in [4.69, 9.17) is 4.74 Å². The minimum Gasteiger partial charge on any atom is -0.483 e. The molecule has 1 saturated heterocycles. The molecule has 0 bridgehead atoms. The Morgan fingerprint density at radius 3 is 2.59 bits per heavy atom. The number of fused-ring (bicyclic) bond motifs is 1. The summed E-state index contributed by atoms with van der Waals surface area (Å²) >= 11 is 0.